The quantitative estimate of drug-likeness (QED) is 0.705. The van der Waals surface area contributed by atoms with Crippen molar-refractivity contribution in [3.8, 4) is 0 Å². The van der Waals surface area contributed by atoms with Crippen LogP contribution in [0.15, 0.2) is 0 Å². The van der Waals surface area contributed by atoms with Crippen molar-refractivity contribution >= 4 is 5.78 Å². The molecule has 0 aromatic rings. The molecule has 1 heterocycles. The highest BCUT2D eigenvalue weighted by atomic mass is 16.7. The second-order valence-corrected chi connectivity index (χ2v) is 4.90. The van der Waals surface area contributed by atoms with E-state index in [9.17, 15) is 4.79 Å². The molecule has 0 aromatic heterocycles. The molecule has 1 saturated carbocycles. The monoisotopic (exact) mass is 212 g/mol. The van der Waals surface area contributed by atoms with E-state index in [-0.39, 0.29) is 11.9 Å². The number of carbonyl (C=O) groups is 1. The van der Waals surface area contributed by atoms with Gasteiger partial charge in [0.2, 0.25) is 0 Å². The Morgan fingerprint density at radius 1 is 1.33 bits per heavy atom. The molecule has 0 radical (unpaired) electrons. The first kappa shape index (κ1) is 11.1. The molecule has 15 heavy (non-hydrogen) atoms. The van der Waals surface area contributed by atoms with E-state index in [4.69, 9.17) is 9.47 Å². The maximum atomic E-state index is 11.2. The van der Waals surface area contributed by atoms with Gasteiger partial charge in [-0.15, -0.1) is 0 Å². The first-order valence-electron chi connectivity index (χ1n) is 5.99. The van der Waals surface area contributed by atoms with Crippen LogP contribution in [0.4, 0.5) is 0 Å². The SMILES string of the molecule is CC1(OC2CCCCO2)CCC(=O)CC1. The third-order valence-electron chi connectivity index (χ3n) is 3.42. The van der Waals surface area contributed by atoms with Crippen molar-refractivity contribution in [3.63, 3.8) is 0 Å². The summed E-state index contributed by atoms with van der Waals surface area (Å²) >= 11 is 0. The lowest BCUT2D eigenvalue weighted by molar-refractivity contribution is -0.226. The van der Waals surface area contributed by atoms with Gasteiger partial charge in [0.05, 0.1) is 5.60 Å². The van der Waals surface area contributed by atoms with Crippen LogP contribution >= 0.6 is 0 Å². The summed E-state index contributed by atoms with van der Waals surface area (Å²) in [5.41, 5.74) is -0.129. The fourth-order valence-corrected chi connectivity index (χ4v) is 2.30. The summed E-state index contributed by atoms with van der Waals surface area (Å²) in [6, 6.07) is 0. The summed E-state index contributed by atoms with van der Waals surface area (Å²) in [6.07, 6.45) is 6.36. The van der Waals surface area contributed by atoms with Gasteiger partial charge in [-0.05, 0) is 39.0 Å². The van der Waals surface area contributed by atoms with Crippen molar-refractivity contribution in [1.29, 1.82) is 0 Å². The topological polar surface area (TPSA) is 35.5 Å². The van der Waals surface area contributed by atoms with Crippen LogP contribution in [0, 0.1) is 0 Å². The molecule has 0 N–H and O–H groups in total. The van der Waals surface area contributed by atoms with Gasteiger partial charge in [-0.3, -0.25) is 4.79 Å². The van der Waals surface area contributed by atoms with Gasteiger partial charge in [-0.2, -0.15) is 0 Å². The van der Waals surface area contributed by atoms with Crippen LogP contribution in [-0.2, 0) is 14.3 Å². The summed E-state index contributed by atoms with van der Waals surface area (Å²) in [4.78, 5) is 11.2. The number of hydrogen-bond acceptors (Lipinski definition) is 3. The largest absolute Gasteiger partial charge is 0.353 e. The molecule has 1 aliphatic carbocycles. The number of carbonyl (C=O) groups excluding carboxylic acids is 1. The lowest BCUT2D eigenvalue weighted by atomic mass is 9.85. The molecule has 3 heteroatoms. The third-order valence-corrected chi connectivity index (χ3v) is 3.42. The van der Waals surface area contributed by atoms with Crippen LogP contribution in [-0.4, -0.2) is 24.3 Å². The lowest BCUT2D eigenvalue weighted by Gasteiger charge is -2.37. The highest BCUT2D eigenvalue weighted by molar-refractivity contribution is 5.79. The van der Waals surface area contributed by atoms with Crippen LogP contribution in [0.5, 0.6) is 0 Å². The average Bonchev–Trinajstić information content (AvgIpc) is 2.24. The van der Waals surface area contributed by atoms with Crippen molar-refractivity contribution < 1.29 is 14.3 Å². The summed E-state index contributed by atoms with van der Waals surface area (Å²) in [6.45, 7) is 2.93. The Kier molecular flexibility index (Phi) is 3.42. The van der Waals surface area contributed by atoms with E-state index in [1.54, 1.807) is 0 Å². The van der Waals surface area contributed by atoms with Crippen LogP contribution in [0.25, 0.3) is 0 Å². The second kappa shape index (κ2) is 4.62. The summed E-state index contributed by atoms with van der Waals surface area (Å²) in [5, 5.41) is 0. The van der Waals surface area contributed by atoms with E-state index >= 15 is 0 Å². The molecule has 0 bridgehead atoms. The van der Waals surface area contributed by atoms with Gasteiger partial charge in [0, 0.05) is 19.4 Å². The zero-order valence-corrected chi connectivity index (χ0v) is 9.46. The normalized spacial score (nSPS) is 31.5. The summed E-state index contributed by atoms with van der Waals surface area (Å²) < 4.78 is 11.6. The number of hydrogen-bond donors (Lipinski definition) is 0. The minimum Gasteiger partial charge on any atom is -0.353 e. The fraction of sp³-hybridized carbons (Fsp3) is 0.917. The summed E-state index contributed by atoms with van der Waals surface area (Å²) in [5.74, 6) is 0.376. The number of rotatable bonds is 2. The van der Waals surface area contributed by atoms with Crippen molar-refractivity contribution in [2.75, 3.05) is 6.61 Å². The second-order valence-electron chi connectivity index (χ2n) is 4.90. The first-order valence-corrected chi connectivity index (χ1v) is 5.99. The van der Waals surface area contributed by atoms with Crippen molar-refractivity contribution in [1.82, 2.24) is 0 Å². The smallest absolute Gasteiger partial charge is 0.158 e. The number of Topliss-reactive ketones (excluding diaryl/α,β-unsaturated/α-hetero) is 1. The Bertz CT molecular complexity index is 221. The molecule has 0 amide bonds. The van der Waals surface area contributed by atoms with Gasteiger partial charge in [-0.25, -0.2) is 0 Å². The first-order chi connectivity index (χ1) is 7.18. The molecule has 1 saturated heterocycles. The molecule has 2 aliphatic rings. The Hall–Kier alpha value is -0.410. The Morgan fingerprint density at radius 2 is 2.07 bits per heavy atom. The van der Waals surface area contributed by atoms with Crippen LogP contribution in [0.2, 0.25) is 0 Å². The Labute approximate surface area is 91.1 Å². The molecule has 1 unspecified atom stereocenters. The average molecular weight is 212 g/mol. The van der Waals surface area contributed by atoms with E-state index in [0.29, 0.717) is 18.6 Å². The van der Waals surface area contributed by atoms with E-state index in [0.717, 1.165) is 32.3 Å². The van der Waals surface area contributed by atoms with Gasteiger partial charge < -0.3 is 9.47 Å². The van der Waals surface area contributed by atoms with E-state index < -0.39 is 0 Å². The highest BCUT2D eigenvalue weighted by Gasteiger charge is 2.34. The molecule has 0 aromatic carbocycles. The van der Waals surface area contributed by atoms with E-state index in [2.05, 4.69) is 6.92 Å². The van der Waals surface area contributed by atoms with Crippen molar-refractivity contribution in [3.05, 3.63) is 0 Å². The number of ether oxygens (including phenoxy) is 2. The number of ketones is 1. The molecule has 3 nitrogen and oxygen atoms in total. The van der Waals surface area contributed by atoms with Crippen LogP contribution in [0.1, 0.15) is 51.9 Å². The van der Waals surface area contributed by atoms with Gasteiger partial charge in [0.25, 0.3) is 0 Å². The molecule has 86 valence electrons. The third kappa shape index (κ3) is 3.02. The predicted octanol–water partition coefficient (Wildman–Crippen LogP) is 2.43. The van der Waals surface area contributed by atoms with E-state index in [1.165, 1.54) is 6.42 Å². The predicted molar refractivity (Wildman–Crippen MR) is 56.6 cm³/mol. The standard InChI is InChI=1S/C12H20O3/c1-12(7-5-10(13)6-8-12)15-11-4-2-3-9-14-11/h11H,2-9H2,1H3. The van der Waals surface area contributed by atoms with Crippen molar-refractivity contribution in [2.45, 2.75) is 63.8 Å². The maximum absolute atomic E-state index is 11.2. The lowest BCUT2D eigenvalue weighted by Crippen LogP contribution is -2.39. The highest BCUT2D eigenvalue weighted by Crippen LogP contribution is 2.32. The van der Waals surface area contributed by atoms with Gasteiger partial charge in [-0.1, -0.05) is 0 Å². The fourth-order valence-electron chi connectivity index (χ4n) is 2.30. The maximum Gasteiger partial charge on any atom is 0.158 e. The Morgan fingerprint density at radius 3 is 2.67 bits per heavy atom. The molecule has 0 spiro atoms. The molecular weight excluding hydrogens is 192 g/mol. The van der Waals surface area contributed by atoms with Gasteiger partial charge in [0.1, 0.15) is 5.78 Å². The van der Waals surface area contributed by atoms with Gasteiger partial charge in [0.15, 0.2) is 6.29 Å². The van der Waals surface area contributed by atoms with Crippen molar-refractivity contribution in [2.24, 2.45) is 0 Å². The molecule has 1 aliphatic heterocycles. The molecule has 1 atom stereocenters. The van der Waals surface area contributed by atoms with E-state index in [1.807, 2.05) is 0 Å². The molecule has 2 fully saturated rings. The molecular formula is C12H20O3. The minimum atomic E-state index is -0.129. The zero-order chi connectivity index (χ0) is 10.7. The zero-order valence-electron chi connectivity index (χ0n) is 9.46. The Balaban J connectivity index is 1.83. The van der Waals surface area contributed by atoms with Gasteiger partial charge >= 0.3 is 0 Å². The summed E-state index contributed by atoms with van der Waals surface area (Å²) in [7, 11) is 0. The van der Waals surface area contributed by atoms with Crippen LogP contribution in [0.3, 0.4) is 0 Å². The molecule has 2 rings (SSSR count). The minimum absolute atomic E-state index is 0.0306. The van der Waals surface area contributed by atoms with Crippen LogP contribution < -0.4 is 0 Å².